The minimum atomic E-state index is -1.12. The van der Waals surface area contributed by atoms with E-state index in [4.69, 9.17) is 10.5 Å². The van der Waals surface area contributed by atoms with Crippen LogP contribution in [0.5, 0.6) is 5.88 Å². The van der Waals surface area contributed by atoms with Crippen LogP contribution in [-0.2, 0) is 16.0 Å². The molecule has 0 fully saturated rings. The van der Waals surface area contributed by atoms with E-state index in [1.807, 2.05) is 72.8 Å². The van der Waals surface area contributed by atoms with Crippen molar-refractivity contribution in [1.29, 1.82) is 0 Å². The summed E-state index contributed by atoms with van der Waals surface area (Å²) < 4.78 is 5.93. The van der Waals surface area contributed by atoms with Crippen molar-refractivity contribution in [3.05, 3.63) is 78.4 Å². The average Bonchev–Trinajstić information content (AvgIpc) is 2.88. The van der Waals surface area contributed by atoms with Crippen LogP contribution in [0, 0.1) is 0 Å². The SMILES string of the molecule is C[C@@H](Oc1nc(-c2ccccc2)ccc1NCC(N)CS)C(=O)N[C@@H](Cc1ccccc1)C(=O)O. The minimum Gasteiger partial charge on any atom is -0.480 e. The number of benzene rings is 2. The normalized spacial score (nSPS) is 13.3. The van der Waals surface area contributed by atoms with Crippen molar-refractivity contribution in [1.82, 2.24) is 10.3 Å². The first kappa shape index (κ1) is 26.1. The van der Waals surface area contributed by atoms with E-state index in [0.29, 0.717) is 23.7 Å². The molecule has 1 aromatic heterocycles. The summed E-state index contributed by atoms with van der Waals surface area (Å²) in [7, 11) is 0. The lowest BCUT2D eigenvalue weighted by atomic mass is 10.1. The summed E-state index contributed by atoms with van der Waals surface area (Å²) in [4.78, 5) is 29.2. The molecule has 9 heteroatoms. The van der Waals surface area contributed by atoms with Gasteiger partial charge in [-0.3, -0.25) is 4.79 Å². The predicted octanol–water partition coefficient (Wildman–Crippen LogP) is 3.00. The van der Waals surface area contributed by atoms with Crippen LogP contribution in [0.25, 0.3) is 11.3 Å². The molecular weight excluding hydrogens is 464 g/mol. The Kier molecular flexibility index (Phi) is 9.51. The van der Waals surface area contributed by atoms with E-state index in [9.17, 15) is 14.7 Å². The topological polar surface area (TPSA) is 127 Å². The molecule has 0 aliphatic heterocycles. The van der Waals surface area contributed by atoms with E-state index in [-0.39, 0.29) is 18.3 Å². The third-order valence-corrected chi connectivity index (χ3v) is 5.74. The van der Waals surface area contributed by atoms with Crippen LogP contribution < -0.4 is 21.1 Å². The maximum Gasteiger partial charge on any atom is 0.326 e. The molecule has 0 aliphatic carbocycles. The van der Waals surface area contributed by atoms with Gasteiger partial charge in [0.15, 0.2) is 6.10 Å². The lowest BCUT2D eigenvalue weighted by molar-refractivity contribution is -0.142. The zero-order chi connectivity index (χ0) is 25.2. The molecule has 5 N–H and O–H groups in total. The number of nitrogens with two attached hydrogens (primary N) is 1. The number of thiol groups is 1. The third-order valence-electron chi connectivity index (χ3n) is 5.27. The molecule has 1 unspecified atom stereocenters. The van der Waals surface area contributed by atoms with Gasteiger partial charge in [-0.15, -0.1) is 0 Å². The molecule has 3 atom stereocenters. The van der Waals surface area contributed by atoms with Crippen molar-refractivity contribution in [3.8, 4) is 17.1 Å². The van der Waals surface area contributed by atoms with E-state index in [1.165, 1.54) is 0 Å². The zero-order valence-corrected chi connectivity index (χ0v) is 20.3. The number of hydrogen-bond donors (Lipinski definition) is 5. The fourth-order valence-electron chi connectivity index (χ4n) is 3.30. The van der Waals surface area contributed by atoms with Crippen LogP contribution in [0.4, 0.5) is 5.69 Å². The van der Waals surface area contributed by atoms with Gasteiger partial charge in [0.25, 0.3) is 5.91 Å². The number of rotatable bonds is 12. The maximum absolute atomic E-state index is 12.9. The smallest absolute Gasteiger partial charge is 0.326 e. The first-order valence-electron chi connectivity index (χ1n) is 11.3. The highest BCUT2D eigenvalue weighted by Crippen LogP contribution is 2.28. The first-order chi connectivity index (χ1) is 16.9. The summed E-state index contributed by atoms with van der Waals surface area (Å²) in [5.74, 6) is -0.967. The molecule has 0 saturated carbocycles. The Hall–Kier alpha value is -3.56. The van der Waals surface area contributed by atoms with Crippen LogP contribution >= 0.6 is 12.6 Å². The number of pyridine rings is 1. The van der Waals surface area contributed by atoms with Gasteiger partial charge in [-0.1, -0.05) is 60.7 Å². The molecule has 0 spiro atoms. The molecule has 8 nitrogen and oxygen atoms in total. The van der Waals surface area contributed by atoms with E-state index < -0.39 is 24.0 Å². The Morgan fingerprint density at radius 1 is 1.06 bits per heavy atom. The monoisotopic (exact) mass is 494 g/mol. The van der Waals surface area contributed by atoms with Crippen molar-refractivity contribution >= 4 is 30.2 Å². The number of carboxylic acid groups (broad SMARTS) is 1. The number of carbonyl (C=O) groups excluding carboxylic acids is 1. The number of hydrogen-bond acceptors (Lipinski definition) is 7. The van der Waals surface area contributed by atoms with Gasteiger partial charge in [0, 0.05) is 30.3 Å². The number of carboxylic acids is 1. The van der Waals surface area contributed by atoms with Crippen molar-refractivity contribution in [2.45, 2.75) is 31.5 Å². The van der Waals surface area contributed by atoms with Gasteiger partial charge >= 0.3 is 5.97 Å². The lowest BCUT2D eigenvalue weighted by Crippen LogP contribution is -2.47. The van der Waals surface area contributed by atoms with Gasteiger partial charge in [-0.05, 0) is 24.6 Å². The fraction of sp³-hybridized carbons (Fsp3) is 0.269. The standard InChI is InChI=1S/C26H30N4O4S/c1-17(24(31)29-23(26(32)33)14-18-8-4-2-5-9-18)34-25-22(28-15-20(27)16-35)13-12-21(30-25)19-10-6-3-7-11-19/h2-13,17,20,23,28,35H,14-16,27H2,1H3,(H,29,31)(H,32,33)/t17-,20?,23+/m1/s1. The van der Waals surface area contributed by atoms with Gasteiger partial charge in [0.1, 0.15) is 6.04 Å². The van der Waals surface area contributed by atoms with E-state index in [1.54, 1.807) is 6.92 Å². The molecule has 0 saturated heterocycles. The van der Waals surface area contributed by atoms with Crippen LogP contribution in [0.15, 0.2) is 72.8 Å². The van der Waals surface area contributed by atoms with E-state index in [2.05, 4.69) is 28.2 Å². The highest BCUT2D eigenvalue weighted by atomic mass is 32.1. The van der Waals surface area contributed by atoms with Crippen LogP contribution in [0.2, 0.25) is 0 Å². The summed E-state index contributed by atoms with van der Waals surface area (Å²) >= 11 is 4.21. The molecule has 3 rings (SSSR count). The number of ether oxygens (including phenoxy) is 1. The van der Waals surface area contributed by atoms with Crippen molar-refractivity contribution in [2.24, 2.45) is 5.73 Å². The van der Waals surface area contributed by atoms with Crippen LogP contribution in [0.1, 0.15) is 12.5 Å². The molecule has 2 aromatic carbocycles. The van der Waals surface area contributed by atoms with Crippen molar-refractivity contribution < 1.29 is 19.4 Å². The molecule has 0 bridgehead atoms. The summed E-state index contributed by atoms with van der Waals surface area (Å²) in [6.07, 6.45) is -0.838. The van der Waals surface area contributed by atoms with Crippen LogP contribution in [0.3, 0.4) is 0 Å². The molecule has 3 aromatic rings. The van der Waals surface area contributed by atoms with Gasteiger partial charge < -0.3 is 26.2 Å². The molecular formula is C26H30N4O4S. The quantitative estimate of drug-likeness (QED) is 0.245. The number of carbonyl (C=O) groups is 2. The molecule has 184 valence electrons. The summed E-state index contributed by atoms with van der Waals surface area (Å²) in [6, 6.07) is 21.1. The summed E-state index contributed by atoms with van der Waals surface area (Å²) in [6.45, 7) is 1.99. The molecule has 0 radical (unpaired) electrons. The largest absolute Gasteiger partial charge is 0.480 e. The van der Waals surface area contributed by atoms with E-state index >= 15 is 0 Å². The van der Waals surface area contributed by atoms with Gasteiger partial charge in [-0.2, -0.15) is 12.6 Å². The number of nitrogens with one attached hydrogen (secondary N) is 2. The number of amides is 1. The summed E-state index contributed by atoms with van der Waals surface area (Å²) in [5.41, 5.74) is 8.90. The zero-order valence-electron chi connectivity index (χ0n) is 19.4. The second kappa shape index (κ2) is 12.8. The van der Waals surface area contributed by atoms with Gasteiger partial charge in [0.2, 0.25) is 5.88 Å². The van der Waals surface area contributed by atoms with Gasteiger partial charge in [0.05, 0.1) is 11.4 Å². The Morgan fingerprint density at radius 2 is 1.71 bits per heavy atom. The van der Waals surface area contributed by atoms with Gasteiger partial charge in [-0.25, -0.2) is 9.78 Å². The summed E-state index contributed by atoms with van der Waals surface area (Å²) in [5, 5.41) is 15.4. The second-order valence-electron chi connectivity index (χ2n) is 8.09. The Bertz CT molecular complexity index is 1110. The second-order valence-corrected chi connectivity index (χ2v) is 8.45. The fourth-order valence-corrected chi connectivity index (χ4v) is 3.43. The Labute approximate surface area is 210 Å². The van der Waals surface area contributed by atoms with Crippen molar-refractivity contribution in [3.63, 3.8) is 0 Å². The highest BCUT2D eigenvalue weighted by Gasteiger charge is 2.25. The third kappa shape index (κ3) is 7.73. The lowest BCUT2D eigenvalue weighted by Gasteiger charge is -2.21. The highest BCUT2D eigenvalue weighted by molar-refractivity contribution is 7.80. The van der Waals surface area contributed by atoms with Crippen LogP contribution in [-0.4, -0.2) is 52.5 Å². The number of anilines is 1. The van der Waals surface area contributed by atoms with E-state index in [0.717, 1.165) is 11.1 Å². The minimum absolute atomic E-state index is 0.158. The average molecular weight is 495 g/mol. The predicted molar refractivity (Wildman–Crippen MR) is 140 cm³/mol. The van der Waals surface area contributed by atoms with Crippen molar-refractivity contribution in [2.75, 3.05) is 17.6 Å². The number of aliphatic carboxylic acids is 1. The first-order valence-corrected chi connectivity index (χ1v) is 11.9. The molecule has 0 aliphatic rings. The Morgan fingerprint density at radius 3 is 2.34 bits per heavy atom. The number of nitrogens with zero attached hydrogens (tertiary/aromatic N) is 1. The Balaban J connectivity index is 1.77. The molecule has 1 amide bonds. The molecule has 35 heavy (non-hydrogen) atoms. The number of aromatic nitrogens is 1. The molecule has 1 heterocycles. The maximum atomic E-state index is 12.9.